The van der Waals surface area contributed by atoms with Gasteiger partial charge in [-0.1, -0.05) is 19.8 Å². The van der Waals surface area contributed by atoms with Gasteiger partial charge in [0.05, 0.1) is 19.3 Å². The summed E-state index contributed by atoms with van der Waals surface area (Å²) in [5.74, 6) is 1.59. The van der Waals surface area contributed by atoms with Gasteiger partial charge in [-0.2, -0.15) is 4.98 Å². The smallest absolute Gasteiger partial charge is 0.284 e. The Bertz CT molecular complexity index is 1100. The molecule has 0 aromatic carbocycles. The van der Waals surface area contributed by atoms with Crippen LogP contribution in [0.3, 0.4) is 0 Å². The largest absolute Gasteiger partial charge is 0.459 e. The number of ether oxygens (including phenoxy) is 2. The Morgan fingerprint density at radius 1 is 1.25 bits per heavy atom. The summed E-state index contributed by atoms with van der Waals surface area (Å²) in [5, 5.41) is 3.44. The predicted molar refractivity (Wildman–Crippen MR) is 120 cm³/mol. The highest BCUT2D eigenvalue weighted by molar-refractivity contribution is 5.65. The SMILES string of the molecule is CCc1[nH]n(C2CCCC2)c2nc(-c3ccnc(OC(C)N4CCOCC4)c3)nc(=O)c1-2. The molecule has 9 nitrogen and oxygen atoms in total. The molecule has 4 heterocycles. The summed E-state index contributed by atoms with van der Waals surface area (Å²) in [7, 11) is 0. The van der Waals surface area contributed by atoms with Gasteiger partial charge in [0.2, 0.25) is 5.88 Å². The number of rotatable bonds is 6. The van der Waals surface area contributed by atoms with Gasteiger partial charge in [0, 0.05) is 36.6 Å². The fourth-order valence-corrected chi connectivity index (χ4v) is 4.74. The number of aryl methyl sites for hydroxylation is 1. The van der Waals surface area contributed by atoms with Gasteiger partial charge < -0.3 is 9.47 Å². The van der Waals surface area contributed by atoms with Gasteiger partial charge >= 0.3 is 0 Å². The van der Waals surface area contributed by atoms with E-state index in [9.17, 15) is 4.79 Å². The summed E-state index contributed by atoms with van der Waals surface area (Å²) >= 11 is 0. The molecular formula is C23H30N6O3. The molecule has 1 aromatic heterocycles. The van der Waals surface area contributed by atoms with Crippen LogP contribution in [0.5, 0.6) is 5.88 Å². The second-order valence-corrected chi connectivity index (χ2v) is 8.55. The standard InChI is InChI=1S/C23H30N6O3/c1-3-18-20-22(29(27-18)17-6-4-5-7-17)25-21(26-23(20)30)16-8-9-24-19(14-16)32-15(2)28-10-12-31-13-11-28/h8-9,14-15,17,27H,3-7,10-13H2,1-2H3. The van der Waals surface area contributed by atoms with E-state index < -0.39 is 0 Å². The third kappa shape index (κ3) is 4.02. The average molecular weight is 439 g/mol. The minimum absolute atomic E-state index is 0.124. The minimum atomic E-state index is -0.240. The quantitative estimate of drug-likeness (QED) is 0.632. The van der Waals surface area contributed by atoms with E-state index >= 15 is 0 Å². The topological polar surface area (TPSA) is 98.2 Å². The summed E-state index contributed by atoms with van der Waals surface area (Å²) < 4.78 is 13.6. The molecule has 1 atom stereocenters. The van der Waals surface area contributed by atoms with Gasteiger partial charge in [-0.15, -0.1) is 0 Å². The van der Waals surface area contributed by atoms with E-state index in [1.807, 2.05) is 26.0 Å². The van der Waals surface area contributed by atoms with Crippen molar-refractivity contribution in [3.8, 4) is 28.7 Å². The van der Waals surface area contributed by atoms with Crippen LogP contribution in [0.15, 0.2) is 23.1 Å². The summed E-state index contributed by atoms with van der Waals surface area (Å²) in [5.41, 5.74) is 1.99. The van der Waals surface area contributed by atoms with E-state index in [1.165, 1.54) is 12.8 Å². The minimum Gasteiger partial charge on any atom is -0.459 e. The van der Waals surface area contributed by atoms with Crippen molar-refractivity contribution in [3.05, 3.63) is 34.4 Å². The number of fused-ring (bicyclic) bond motifs is 1. The highest BCUT2D eigenvalue weighted by Gasteiger charge is 2.28. The van der Waals surface area contributed by atoms with Crippen molar-refractivity contribution >= 4 is 0 Å². The molecule has 3 aliphatic heterocycles. The van der Waals surface area contributed by atoms with Gasteiger partial charge in [-0.05, 0) is 32.3 Å². The lowest BCUT2D eigenvalue weighted by Gasteiger charge is -2.31. The number of nitrogens with one attached hydrogen (secondary N) is 1. The number of pyridine rings is 1. The molecular weight excluding hydrogens is 408 g/mol. The Morgan fingerprint density at radius 3 is 2.78 bits per heavy atom. The lowest BCUT2D eigenvalue weighted by atomic mass is 10.1. The first-order chi connectivity index (χ1) is 15.6. The van der Waals surface area contributed by atoms with Gasteiger partial charge in [0.25, 0.3) is 5.56 Å². The van der Waals surface area contributed by atoms with Crippen molar-refractivity contribution in [2.45, 2.75) is 58.2 Å². The summed E-state index contributed by atoms with van der Waals surface area (Å²) in [6.07, 6.45) is 6.90. The summed E-state index contributed by atoms with van der Waals surface area (Å²) in [6.45, 7) is 7.12. The first-order valence-corrected chi connectivity index (χ1v) is 11.6. The van der Waals surface area contributed by atoms with E-state index in [1.54, 1.807) is 6.20 Å². The summed E-state index contributed by atoms with van der Waals surface area (Å²) in [6, 6.07) is 3.98. The molecule has 1 N–H and O–H groups in total. The zero-order valence-electron chi connectivity index (χ0n) is 18.7. The Hall–Kier alpha value is -2.78. The predicted octanol–water partition coefficient (Wildman–Crippen LogP) is 2.87. The maximum absolute atomic E-state index is 13.0. The number of nitrogens with zero attached hydrogens (tertiary/aromatic N) is 5. The van der Waals surface area contributed by atoms with Crippen molar-refractivity contribution in [1.29, 1.82) is 0 Å². The Morgan fingerprint density at radius 2 is 2.03 bits per heavy atom. The van der Waals surface area contributed by atoms with E-state index in [2.05, 4.69) is 24.6 Å². The van der Waals surface area contributed by atoms with Crippen molar-refractivity contribution in [3.63, 3.8) is 0 Å². The molecule has 32 heavy (non-hydrogen) atoms. The van der Waals surface area contributed by atoms with Gasteiger partial charge in [-0.25, -0.2) is 9.97 Å². The third-order valence-electron chi connectivity index (χ3n) is 6.53. The first kappa shape index (κ1) is 21.1. The van der Waals surface area contributed by atoms with Gasteiger partial charge in [0.1, 0.15) is 5.56 Å². The average Bonchev–Trinajstić information content (AvgIpc) is 3.48. The molecule has 1 saturated heterocycles. The van der Waals surface area contributed by atoms with Crippen LogP contribution in [0.25, 0.3) is 22.8 Å². The lowest BCUT2D eigenvalue weighted by molar-refractivity contribution is -0.0388. The molecule has 1 aromatic rings. The maximum Gasteiger partial charge on any atom is 0.284 e. The van der Waals surface area contributed by atoms with E-state index in [0.29, 0.717) is 42.3 Å². The highest BCUT2D eigenvalue weighted by atomic mass is 16.5. The molecule has 1 unspecified atom stereocenters. The van der Waals surface area contributed by atoms with Crippen LogP contribution in [0.2, 0.25) is 0 Å². The Balaban J connectivity index is 1.48. The van der Waals surface area contributed by atoms with Crippen molar-refractivity contribution in [2.75, 3.05) is 26.3 Å². The molecule has 0 bridgehead atoms. The Labute approximate surface area is 187 Å². The second kappa shape index (κ2) is 8.99. The number of H-pyrrole nitrogens is 1. The van der Waals surface area contributed by atoms with E-state index in [4.69, 9.17) is 14.5 Å². The normalized spacial score (nSPS) is 18.9. The zero-order valence-corrected chi connectivity index (χ0v) is 18.7. The van der Waals surface area contributed by atoms with Crippen LogP contribution in [-0.4, -0.2) is 62.2 Å². The Kier molecular flexibility index (Phi) is 5.93. The van der Waals surface area contributed by atoms with Crippen LogP contribution in [0.4, 0.5) is 0 Å². The second-order valence-electron chi connectivity index (χ2n) is 8.55. The molecule has 170 valence electrons. The van der Waals surface area contributed by atoms with Crippen LogP contribution >= 0.6 is 0 Å². The molecule has 0 spiro atoms. The number of morpholine rings is 1. The molecule has 0 amide bonds. The van der Waals surface area contributed by atoms with Crippen molar-refractivity contribution in [1.82, 2.24) is 29.6 Å². The monoisotopic (exact) mass is 438 g/mol. The van der Waals surface area contributed by atoms with Crippen molar-refractivity contribution < 1.29 is 9.47 Å². The summed E-state index contributed by atoms with van der Waals surface area (Å²) in [4.78, 5) is 28.7. The highest BCUT2D eigenvalue weighted by Crippen LogP contribution is 2.34. The molecule has 1 saturated carbocycles. The zero-order chi connectivity index (χ0) is 22.1. The fraction of sp³-hybridized carbons (Fsp3) is 0.565. The van der Waals surface area contributed by atoms with Gasteiger partial charge in [0.15, 0.2) is 17.9 Å². The van der Waals surface area contributed by atoms with Crippen molar-refractivity contribution in [2.24, 2.45) is 0 Å². The third-order valence-corrected chi connectivity index (χ3v) is 6.53. The molecule has 1 aliphatic carbocycles. The van der Waals surface area contributed by atoms with E-state index in [0.717, 1.165) is 43.6 Å². The first-order valence-electron chi connectivity index (χ1n) is 11.6. The van der Waals surface area contributed by atoms with Gasteiger partial charge in [-0.3, -0.25) is 19.5 Å². The van der Waals surface area contributed by atoms with Crippen LogP contribution < -0.4 is 10.3 Å². The van der Waals surface area contributed by atoms with Crippen LogP contribution in [-0.2, 0) is 11.2 Å². The molecule has 5 rings (SSSR count). The number of aromatic amines is 1. The lowest BCUT2D eigenvalue weighted by Crippen LogP contribution is -2.44. The molecule has 4 aliphatic rings. The van der Waals surface area contributed by atoms with Crippen LogP contribution in [0, 0.1) is 0 Å². The number of hydrogen-bond donors (Lipinski definition) is 1. The molecule has 0 radical (unpaired) electrons. The number of aromatic nitrogens is 5. The maximum atomic E-state index is 13.0. The van der Waals surface area contributed by atoms with E-state index in [-0.39, 0.29) is 11.8 Å². The number of hydrogen-bond acceptors (Lipinski definition) is 7. The fourth-order valence-electron chi connectivity index (χ4n) is 4.74. The van der Waals surface area contributed by atoms with Crippen LogP contribution in [0.1, 0.15) is 51.3 Å². The molecule has 9 heteroatoms. The molecule has 2 fully saturated rings.